The second-order valence-corrected chi connectivity index (χ2v) is 32.5. The van der Waals surface area contributed by atoms with Gasteiger partial charge >= 0.3 is 226 Å². The number of hydrogen-bond acceptors (Lipinski definition) is 1. The zero-order chi connectivity index (χ0) is 26.0. The van der Waals surface area contributed by atoms with Crippen molar-refractivity contribution in [3.05, 3.63) is 19.9 Å². The van der Waals surface area contributed by atoms with Crippen LogP contribution in [-0.4, -0.2) is 37.7 Å². The van der Waals surface area contributed by atoms with Crippen molar-refractivity contribution in [2.45, 2.75) is 151 Å². The third kappa shape index (κ3) is 6.05. The summed E-state index contributed by atoms with van der Waals surface area (Å²) in [5, 5.41) is 13.5. The molecule has 3 rings (SSSR count). The molecule has 35 heavy (non-hydrogen) atoms. The summed E-state index contributed by atoms with van der Waals surface area (Å²) >= 11 is -2.60. The Bertz CT molecular complexity index is 768. The van der Waals surface area contributed by atoms with Crippen molar-refractivity contribution in [2.75, 3.05) is 0 Å². The molecule has 1 unspecified atom stereocenters. The number of hydrogen-bond donors (Lipinski definition) is 1. The van der Waals surface area contributed by atoms with Crippen molar-refractivity contribution >= 4 is 26.5 Å². The van der Waals surface area contributed by atoms with E-state index >= 15 is 0 Å². The molecule has 1 nitrogen and oxygen atoms in total. The standard InChI is InChI=1S/C20H33OSi.3C4H9.Sn/c1-13-7-8-17-16(9-13)19(21)11-18-14(2)10-15(22(4,5)6)12-20(17,18)3;3*1-3-4-2;/h13,16-17,19,21H,7-9,11-12H2,1-6H3;3*1,3-4H2,2H3;/t13?,16-,17-,19-,20-;;;;/m1..../s1. The molecule has 0 aliphatic heterocycles. The molecule has 2 saturated carbocycles. The SMILES string of the molecule is CCC[CH2][Sn]([CH2]CCC)([CH2]CCC)[C]1=C([Si](C)(C)C)C[C@@]2(C)C(=C1C)C[C@@H](O)[C@@H]1CC(C)CC[C@H]12. The fraction of sp³-hybridized carbons (Fsp3) is 0.875. The molecule has 0 saturated heterocycles. The molecule has 0 radical (unpaired) electrons. The van der Waals surface area contributed by atoms with E-state index in [0.717, 1.165) is 12.3 Å². The van der Waals surface area contributed by atoms with E-state index in [1.165, 1.54) is 64.2 Å². The van der Waals surface area contributed by atoms with Crippen LogP contribution in [0.1, 0.15) is 112 Å². The van der Waals surface area contributed by atoms with Crippen molar-refractivity contribution in [2.24, 2.45) is 23.2 Å². The molecule has 0 aromatic rings. The van der Waals surface area contributed by atoms with Gasteiger partial charge in [-0.2, -0.15) is 0 Å². The maximum absolute atomic E-state index is 11.5. The third-order valence-corrected chi connectivity index (χ3v) is 29.8. The van der Waals surface area contributed by atoms with E-state index in [-0.39, 0.29) is 6.10 Å². The first-order chi connectivity index (χ1) is 16.4. The minimum absolute atomic E-state index is 0.109. The molecule has 2 fully saturated rings. The third-order valence-electron chi connectivity index (χ3n) is 10.7. The van der Waals surface area contributed by atoms with E-state index in [4.69, 9.17) is 0 Å². The van der Waals surface area contributed by atoms with Gasteiger partial charge in [-0.1, -0.05) is 0 Å². The Hall–Kier alpha value is 0.456. The Morgan fingerprint density at radius 3 is 1.97 bits per heavy atom. The summed E-state index contributed by atoms with van der Waals surface area (Å²) in [6.07, 6.45) is 14.5. The van der Waals surface area contributed by atoms with Gasteiger partial charge < -0.3 is 0 Å². The number of aliphatic hydroxyl groups excluding tert-OH is 1. The van der Waals surface area contributed by atoms with Crippen molar-refractivity contribution in [1.29, 1.82) is 0 Å². The molecule has 0 aromatic heterocycles. The van der Waals surface area contributed by atoms with Gasteiger partial charge in [0.05, 0.1) is 0 Å². The monoisotopic (exact) mass is 608 g/mol. The first-order valence-corrected chi connectivity index (χ1v) is 26.6. The summed E-state index contributed by atoms with van der Waals surface area (Å²) in [7, 11) is -1.46. The van der Waals surface area contributed by atoms with Gasteiger partial charge in [-0.05, 0) is 0 Å². The molecule has 5 atom stereocenters. The average Bonchev–Trinajstić information content (AvgIpc) is 2.80. The first kappa shape index (κ1) is 30.0. The van der Waals surface area contributed by atoms with E-state index in [1.54, 1.807) is 24.5 Å². The fourth-order valence-corrected chi connectivity index (χ4v) is 33.5. The summed E-state index contributed by atoms with van der Waals surface area (Å²) in [6, 6.07) is 0. The van der Waals surface area contributed by atoms with E-state index in [2.05, 4.69) is 61.2 Å². The van der Waals surface area contributed by atoms with Gasteiger partial charge in [-0.3, -0.25) is 0 Å². The van der Waals surface area contributed by atoms with Crippen LogP contribution < -0.4 is 0 Å². The van der Waals surface area contributed by atoms with E-state index < -0.39 is 26.5 Å². The second kappa shape index (κ2) is 12.1. The van der Waals surface area contributed by atoms with Crippen LogP contribution in [0.4, 0.5) is 0 Å². The Labute approximate surface area is 224 Å². The van der Waals surface area contributed by atoms with E-state index in [1.807, 2.05) is 8.79 Å². The van der Waals surface area contributed by atoms with Crippen molar-refractivity contribution in [3.8, 4) is 0 Å². The Morgan fingerprint density at radius 2 is 1.49 bits per heavy atom. The van der Waals surface area contributed by atoms with Crippen LogP contribution in [-0.2, 0) is 0 Å². The van der Waals surface area contributed by atoms with Gasteiger partial charge in [0.25, 0.3) is 0 Å². The topological polar surface area (TPSA) is 20.2 Å². The number of unbranched alkanes of at least 4 members (excludes halogenated alkanes) is 3. The zero-order valence-electron chi connectivity index (χ0n) is 25.2. The second-order valence-electron chi connectivity index (χ2n) is 14.4. The van der Waals surface area contributed by atoms with Crippen LogP contribution in [0, 0.1) is 23.2 Å². The Kier molecular flexibility index (Phi) is 10.4. The van der Waals surface area contributed by atoms with Gasteiger partial charge in [0, 0.05) is 0 Å². The van der Waals surface area contributed by atoms with E-state index in [9.17, 15) is 5.11 Å². The van der Waals surface area contributed by atoms with Crippen LogP contribution in [0.3, 0.4) is 0 Å². The van der Waals surface area contributed by atoms with Crippen LogP contribution in [0.2, 0.25) is 33.0 Å². The number of fused-ring (bicyclic) bond motifs is 3. The average molecular weight is 608 g/mol. The van der Waals surface area contributed by atoms with Crippen LogP contribution in [0.25, 0.3) is 0 Å². The summed E-state index contributed by atoms with van der Waals surface area (Å²) in [4.78, 5) is 0. The van der Waals surface area contributed by atoms with Gasteiger partial charge in [-0.15, -0.1) is 0 Å². The number of rotatable bonds is 11. The summed E-state index contributed by atoms with van der Waals surface area (Å²) in [6.45, 7) is 22.9. The molecular formula is C32H60OSiSn. The van der Waals surface area contributed by atoms with Crippen LogP contribution in [0.15, 0.2) is 19.9 Å². The first-order valence-electron chi connectivity index (χ1n) is 15.6. The molecule has 1 N–H and O–H groups in total. The predicted molar refractivity (Wildman–Crippen MR) is 161 cm³/mol. The van der Waals surface area contributed by atoms with Gasteiger partial charge in [0.2, 0.25) is 0 Å². The van der Waals surface area contributed by atoms with Crippen molar-refractivity contribution in [1.82, 2.24) is 0 Å². The number of allylic oxidation sites excluding steroid dienone is 3. The molecule has 0 bridgehead atoms. The fourth-order valence-electron chi connectivity index (χ4n) is 8.76. The molecule has 3 aliphatic carbocycles. The molecule has 3 heteroatoms. The normalized spacial score (nSPS) is 32.1. The van der Waals surface area contributed by atoms with Crippen molar-refractivity contribution in [3.63, 3.8) is 0 Å². The predicted octanol–water partition coefficient (Wildman–Crippen LogP) is 10.1. The zero-order valence-corrected chi connectivity index (χ0v) is 29.0. The number of aliphatic hydroxyl groups is 1. The quantitative estimate of drug-likeness (QED) is 0.232. The summed E-state index contributed by atoms with van der Waals surface area (Å²) in [5.74, 6) is 2.00. The molecule has 0 heterocycles. The molecule has 3 aliphatic rings. The van der Waals surface area contributed by atoms with Crippen LogP contribution >= 0.6 is 0 Å². The molecule has 0 aromatic carbocycles. The molecule has 0 amide bonds. The van der Waals surface area contributed by atoms with Crippen LogP contribution in [0.5, 0.6) is 0 Å². The molecular weight excluding hydrogens is 547 g/mol. The van der Waals surface area contributed by atoms with Crippen molar-refractivity contribution < 1.29 is 5.11 Å². The molecule has 0 spiro atoms. The Balaban J connectivity index is 2.22. The van der Waals surface area contributed by atoms with E-state index in [0.29, 0.717) is 17.3 Å². The van der Waals surface area contributed by atoms with Gasteiger partial charge in [0.15, 0.2) is 0 Å². The molecule has 202 valence electrons. The van der Waals surface area contributed by atoms with Gasteiger partial charge in [0.1, 0.15) is 0 Å². The summed E-state index contributed by atoms with van der Waals surface area (Å²) < 4.78 is 6.75. The summed E-state index contributed by atoms with van der Waals surface area (Å²) in [5.41, 5.74) is 3.76. The Morgan fingerprint density at radius 1 is 0.943 bits per heavy atom. The minimum atomic E-state index is -2.60. The van der Waals surface area contributed by atoms with Gasteiger partial charge in [-0.25, -0.2) is 0 Å². The maximum atomic E-state index is 11.5.